The molecule has 0 unspecified atom stereocenters. The molecule has 0 saturated heterocycles. The molecule has 2 aliphatic rings. The zero-order chi connectivity index (χ0) is 14.6. The first kappa shape index (κ1) is 15.1. The molecule has 0 atom stereocenters. The Morgan fingerprint density at radius 2 is 1.70 bits per heavy atom. The van der Waals surface area contributed by atoms with Gasteiger partial charge in [0.15, 0.2) is 0 Å². The van der Waals surface area contributed by atoms with Crippen molar-refractivity contribution in [3.8, 4) is 0 Å². The molecule has 0 heterocycles. The number of carbonyl (C=O) groups excluding carboxylic acids is 1. The molecule has 4 N–H and O–H groups in total. The highest BCUT2D eigenvalue weighted by Gasteiger charge is 2.41. The lowest BCUT2D eigenvalue weighted by Gasteiger charge is -2.28. The van der Waals surface area contributed by atoms with Crippen LogP contribution in [-0.4, -0.2) is 40.9 Å². The van der Waals surface area contributed by atoms with Crippen molar-refractivity contribution in [3.63, 3.8) is 0 Å². The molecule has 114 valence electrons. The van der Waals surface area contributed by atoms with E-state index >= 15 is 0 Å². The van der Waals surface area contributed by atoms with Crippen molar-refractivity contribution in [1.29, 1.82) is 0 Å². The van der Waals surface area contributed by atoms with Gasteiger partial charge in [0.1, 0.15) is 0 Å². The summed E-state index contributed by atoms with van der Waals surface area (Å²) in [4.78, 5) is 23.2. The number of aliphatic hydroxyl groups is 1. The molecule has 6 heteroatoms. The average molecular weight is 284 g/mol. The number of urea groups is 1. The topological polar surface area (TPSA) is 98.7 Å². The van der Waals surface area contributed by atoms with E-state index in [2.05, 4.69) is 10.6 Å². The van der Waals surface area contributed by atoms with Gasteiger partial charge in [-0.15, -0.1) is 0 Å². The van der Waals surface area contributed by atoms with E-state index in [1.165, 1.54) is 0 Å². The monoisotopic (exact) mass is 284 g/mol. The summed E-state index contributed by atoms with van der Waals surface area (Å²) < 4.78 is 0. The number of carbonyl (C=O) groups is 2. The van der Waals surface area contributed by atoms with Crippen LogP contribution in [0.2, 0.25) is 0 Å². The molecule has 0 radical (unpaired) electrons. The Hall–Kier alpha value is -1.30. The third-order valence-corrected chi connectivity index (χ3v) is 4.63. The van der Waals surface area contributed by atoms with E-state index in [1.54, 1.807) is 0 Å². The Morgan fingerprint density at radius 3 is 2.25 bits per heavy atom. The number of carboxylic acid groups (broad SMARTS) is 1. The van der Waals surface area contributed by atoms with Gasteiger partial charge in [0.05, 0.1) is 11.5 Å². The Bertz CT molecular complexity index is 358. The van der Waals surface area contributed by atoms with E-state index in [1.807, 2.05) is 0 Å². The summed E-state index contributed by atoms with van der Waals surface area (Å²) in [6, 6.07) is -0.207. The molecular weight excluding hydrogens is 260 g/mol. The lowest BCUT2D eigenvalue weighted by molar-refractivity contribution is -0.148. The van der Waals surface area contributed by atoms with Crippen molar-refractivity contribution in [2.45, 2.75) is 63.5 Å². The zero-order valence-corrected chi connectivity index (χ0v) is 11.7. The van der Waals surface area contributed by atoms with Gasteiger partial charge in [-0.3, -0.25) is 4.79 Å². The molecule has 0 aromatic rings. The summed E-state index contributed by atoms with van der Waals surface area (Å²) in [5.74, 6) is -0.809. The van der Waals surface area contributed by atoms with E-state index < -0.39 is 11.4 Å². The van der Waals surface area contributed by atoms with Gasteiger partial charge < -0.3 is 20.8 Å². The number of aliphatic carboxylic acids is 1. The Labute approximate surface area is 118 Å². The van der Waals surface area contributed by atoms with Crippen molar-refractivity contribution in [1.82, 2.24) is 10.6 Å². The number of hydrogen-bond acceptors (Lipinski definition) is 3. The SMILES string of the molecule is O=C(NCC1(C(=O)O)CCCC1)NC1CCC(O)CC1. The molecule has 6 nitrogen and oxygen atoms in total. The summed E-state index contributed by atoms with van der Waals surface area (Å²) >= 11 is 0. The van der Waals surface area contributed by atoms with Crippen molar-refractivity contribution < 1.29 is 19.8 Å². The van der Waals surface area contributed by atoms with Crippen molar-refractivity contribution in [2.75, 3.05) is 6.54 Å². The molecule has 0 bridgehead atoms. The maximum absolute atomic E-state index is 11.8. The predicted molar refractivity (Wildman–Crippen MR) is 73.3 cm³/mol. The van der Waals surface area contributed by atoms with E-state index in [0.29, 0.717) is 25.7 Å². The van der Waals surface area contributed by atoms with Crippen LogP contribution in [-0.2, 0) is 4.79 Å². The minimum absolute atomic E-state index is 0.0859. The van der Waals surface area contributed by atoms with Crippen LogP contribution >= 0.6 is 0 Å². The number of rotatable bonds is 4. The molecule has 20 heavy (non-hydrogen) atoms. The van der Waals surface area contributed by atoms with Gasteiger partial charge in [0, 0.05) is 12.6 Å². The summed E-state index contributed by atoms with van der Waals surface area (Å²) in [6.07, 6.45) is 5.83. The highest BCUT2D eigenvalue weighted by molar-refractivity contribution is 5.78. The molecule has 2 aliphatic carbocycles. The first-order chi connectivity index (χ1) is 9.52. The van der Waals surface area contributed by atoms with E-state index in [-0.39, 0.29) is 24.7 Å². The second-order valence-corrected chi connectivity index (χ2v) is 6.13. The number of amides is 2. The Kier molecular flexibility index (Phi) is 4.86. The molecule has 2 fully saturated rings. The lowest BCUT2D eigenvalue weighted by atomic mass is 9.86. The summed E-state index contributed by atoms with van der Waals surface area (Å²) in [5.41, 5.74) is -0.778. The highest BCUT2D eigenvalue weighted by Crippen LogP contribution is 2.37. The van der Waals surface area contributed by atoms with Crippen molar-refractivity contribution >= 4 is 12.0 Å². The fourth-order valence-corrected chi connectivity index (χ4v) is 3.22. The van der Waals surface area contributed by atoms with Crippen LogP contribution in [0, 0.1) is 5.41 Å². The number of carboxylic acids is 1. The lowest BCUT2D eigenvalue weighted by Crippen LogP contribution is -2.48. The van der Waals surface area contributed by atoms with Gasteiger partial charge in [-0.05, 0) is 38.5 Å². The maximum Gasteiger partial charge on any atom is 0.315 e. The second-order valence-electron chi connectivity index (χ2n) is 6.13. The van der Waals surface area contributed by atoms with Gasteiger partial charge >= 0.3 is 12.0 Å². The molecule has 2 rings (SSSR count). The maximum atomic E-state index is 11.8. The minimum atomic E-state index is -0.809. The predicted octanol–water partition coefficient (Wildman–Crippen LogP) is 1.23. The van der Waals surface area contributed by atoms with Crippen molar-refractivity contribution in [3.05, 3.63) is 0 Å². The zero-order valence-electron chi connectivity index (χ0n) is 11.7. The molecule has 0 spiro atoms. The fraction of sp³-hybridized carbons (Fsp3) is 0.857. The summed E-state index contributed by atoms with van der Waals surface area (Å²) in [6.45, 7) is 0.198. The van der Waals surface area contributed by atoms with Gasteiger partial charge in [-0.2, -0.15) is 0 Å². The first-order valence-corrected chi connectivity index (χ1v) is 7.48. The normalized spacial score (nSPS) is 28.9. The first-order valence-electron chi connectivity index (χ1n) is 7.48. The van der Waals surface area contributed by atoms with E-state index in [4.69, 9.17) is 0 Å². The fourth-order valence-electron chi connectivity index (χ4n) is 3.22. The van der Waals surface area contributed by atoms with Crippen LogP contribution in [0.5, 0.6) is 0 Å². The highest BCUT2D eigenvalue weighted by atomic mass is 16.4. The summed E-state index contributed by atoms with van der Waals surface area (Å²) in [5, 5.41) is 24.3. The van der Waals surface area contributed by atoms with Crippen LogP contribution in [0.3, 0.4) is 0 Å². The standard InChI is InChI=1S/C14H24N2O4/c17-11-5-3-10(4-6-11)16-13(20)15-9-14(12(18)19)7-1-2-8-14/h10-11,17H,1-9H2,(H,18,19)(H2,15,16,20). The Morgan fingerprint density at radius 1 is 1.10 bits per heavy atom. The number of hydrogen-bond donors (Lipinski definition) is 4. The average Bonchev–Trinajstić information content (AvgIpc) is 2.89. The molecule has 2 amide bonds. The van der Waals surface area contributed by atoms with E-state index in [0.717, 1.165) is 25.7 Å². The molecular formula is C14H24N2O4. The minimum Gasteiger partial charge on any atom is -0.481 e. The number of nitrogens with one attached hydrogen (secondary N) is 2. The van der Waals surface area contributed by atoms with Crippen LogP contribution in [0.4, 0.5) is 4.79 Å². The molecule has 0 aromatic carbocycles. The number of aliphatic hydroxyl groups excluding tert-OH is 1. The van der Waals surface area contributed by atoms with E-state index in [9.17, 15) is 19.8 Å². The third-order valence-electron chi connectivity index (χ3n) is 4.63. The van der Waals surface area contributed by atoms with Crippen LogP contribution in [0.1, 0.15) is 51.4 Å². The van der Waals surface area contributed by atoms with Gasteiger partial charge in [0.2, 0.25) is 0 Å². The molecule has 2 saturated carbocycles. The quantitative estimate of drug-likeness (QED) is 0.624. The van der Waals surface area contributed by atoms with Crippen LogP contribution in [0.15, 0.2) is 0 Å². The van der Waals surface area contributed by atoms with Gasteiger partial charge in [-0.1, -0.05) is 12.8 Å². The smallest absolute Gasteiger partial charge is 0.315 e. The third kappa shape index (κ3) is 3.62. The van der Waals surface area contributed by atoms with Crippen LogP contribution in [0.25, 0.3) is 0 Å². The molecule has 0 aromatic heterocycles. The molecule has 0 aliphatic heterocycles. The second kappa shape index (κ2) is 6.43. The largest absolute Gasteiger partial charge is 0.481 e. The van der Waals surface area contributed by atoms with Gasteiger partial charge in [0.25, 0.3) is 0 Å². The summed E-state index contributed by atoms with van der Waals surface area (Å²) in [7, 11) is 0. The Balaban J connectivity index is 1.75. The van der Waals surface area contributed by atoms with Crippen LogP contribution < -0.4 is 10.6 Å². The van der Waals surface area contributed by atoms with Crippen molar-refractivity contribution in [2.24, 2.45) is 5.41 Å². The van der Waals surface area contributed by atoms with Gasteiger partial charge in [-0.25, -0.2) is 4.79 Å².